The lowest BCUT2D eigenvalue weighted by molar-refractivity contribution is -0.141. The highest BCUT2D eigenvalue weighted by Gasteiger charge is 2.32. The van der Waals surface area contributed by atoms with Crippen LogP contribution in [0.5, 0.6) is 0 Å². The van der Waals surface area contributed by atoms with Crippen molar-refractivity contribution in [2.75, 3.05) is 0 Å². The van der Waals surface area contributed by atoms with E-state index in [9.17, 15) is 9.59 Å². The van der Waals surface area contributed by atoms with Crippen LogP contribution >= 0.6 is 0 Å². The normalized spacial score (nSPS) is 12.1. The number of aryl methyl sites for hydroxylation is 3. The van der Waals surface area contributed by atoms with Crippen LogP contribution in [0, 0.1) is 6.92 Å². The van der Waals surface area contributed by atoms with Gasteiger partial charge in [-0.05, 0) is 68.4 Å². The van der Waals surface area contributed by atoms with E-state index in [0.717, 1.165) is 28.7 Å². The van der Waals surface area contributed by atoms with Gasteiger partial charge in [-0.1, -0.05) is 85.8 Å². The molecule has 1 N–H and O–H groups in total. The molecule has 3 rings (SSSR count). The van der Waals surface area contributed by atoms with Gasteiger partial charge in [0.2, 0.25) is 11.8 Å². The minimum absolute atomic E-state index is 0.0113. The van der Waals surface area contributed by atoms with E-state index in [0.29, 0.717) is 25.8 Å². The number of nitrogens with one attached hydrogen (secondary N) is 1. The van der Waals surface area contributed by atoms with E-state index in [1.807, 2.05) is 69.3 Å². The van der Waals surface area contributed by atoms with Crippen molar-refractivity contribution in [1.82, 2.24) is 10.2 Å². The van der Waals surface area contributed by atoms with Crippen molar-refractivity contribution in [3.05, 3.63) is 107 Å². The Morgan fingerprint density at radius 3 is 2.06 bits per heavy atom. The molecule has 3 aromatic rings. The highest BCUT2D eigenvalue weighted by Crippen LogP contribution is 2.19. The summed E-state index contributed by atoms with van der Waals surface area (Å²) >= 11 is 0. The number of carbonyl (C=O) groups is 2. The van der Waals surface area contributed by atoms with Crippen LogP contribution in [0.25, 0.3) is 0 Å². The smallest absolute Gasteiger partial charge is 0.243 e. The molecular formula is C32H40N2O2. The number of carbonyl (C=O) groups excluding carboxylic acids is 2. The van der Waals surface area contributed by atoms with Gasteiger partial charge in [0.1, 0.15) is 6.04 Å². The molecule has 4 heteroatoms. The van der Waals surface area contributed by atoms with Crippen molar-refractivity contribution in [3.63, 3.8) is 0 Å². The van der Waals surface area contributed by atoms with Crippen LogP contribution in [0.4, 0.5) is 0 Å². The molecule has 0 aromatic heterocycles. The lowest BCUT2D eigenvalue weighted by atomic mass is 9.99. The van der Waals surface area contributed by atoms with Crippen molar-refractivity contribution in [3.8, 4) is 0 Å². The topological polar surface area (TPSA) is 49.4 Å². The molecule has 0 aliphatic carbocycles. The van der Waals surface area contributed by atoms with E-state index in [4.69, 9.17) is 0 Å². The van der Waals surface area contributed by atoms with Crippen molar-refractivity contribution >= 4 is 11.8 Å². The first kappa shape index (κ1) is 27.2. The lowest BCUT2D eigenvalue weighted by Crippen LogP contribution is -2.54. The molecule has 0 spiro atoms. The molecular weight excluding hydrogens is 444 g/mol. The molecule has 0 saturated carbocycles. The Bertz CT molecular complexity index is 1130. The first-order chi connectivity index (χ1) is 17.2. The Balaban J connectivity index is 1.92. The zero-order valence-corrected chi connectivity index (χ0v) is 22.4. The zero-order valence-electron chi connectivity index (χ0n) is 22.4. The Morgan fingerprint density at radius 1 is 0.833 bits per heavy atom. The fourth-order valence-electron chi connectivity index (χ4n) is 4.31. The van der Waals surface area contributed by atoms with Crippen LogP contribution in [-0.4, -0.2) is 28.3 Å². The molecule has 0 saturated heterocycles. The van der Waals surface area contributed by atoms with E-state index in [1.165, 1.54) is 5.56 Å². The quantitative estimate of drug-likeness (QED) is 0.381. The van der Waals surface area contributed by atoms with E-state index < -0.39 is 11.6 Å². The molecule has 0 heterocycles. The predicted octanol–water partition coefficient (Wildman–Crippen LogP) is 6.04. The van der Waals surface area contributed by atoms with E-state index in [2.05, 4.69) is 49.5 Å². The molecule has 0 radical (unpaired) electrons. The summed E-state index contributed by atoms with van der Waals surface area (Å²) in [7, 11) is 0. The third kappa shape index (κ3) is 8.08. The van der Waals surface area contributed by atoms with Gasteiger partial charge in [0.05, 0.1) is 0 Å². The van der Waals surface area contributed by atoms with Crippen LogP contribution in [0.1, 0.15) is 61.9 Å². The number of hydrogen-bond acceptors (Lipinski definition) is 2. The number of rotatable bonds is 10. The van der Waals surface area contributed by atoms with Crippen molar-refractivity contribution < 1.29 is 9.59 Å². The molecule has 3 aromatic carbocycles. The second kappa shape index (κ2) is 12.5. The van der Waals surface area contributed by atoms with E-state index in [1.54, 1.807) is 4.90 Å². The first-order valence-corrected chi connectivity index (χ1v) is 12.9. The summed E-state index contributed by atoms with van der Waals surface area (Å²) in [5.41, 5.74) is 5.22. The number of hydrogen-bond donors (Lipinski definition) is 1. The summed E-state index contributed by atoms with van der Waals surface area (Å²) in [6.45, 7) is 10.5. The second-order valence-electron chi connectivity index (χ2n) is 10.6. The molecule has 0 bridgehead atoms. The summed E-state index contributed by atoms with van der Waals surface area (Å²) < 4.78 is 0. The largest absolute Gasteiger partial charge is 0.350 e. The van der Waals surface area contributed by atoms with Gasteiger partial charge >= 0.3 is 0 Å². The van der Waals surface area contributed by atoms with Crippen LogP contribution in [0.15, 0.2) is 78.9 Å². The third-order valence-electron chi connectivity index (χ3n) is 6.43. The van der Waals surface area contributed by atoms with Crippen LogP contribution in [0.2, 0.25) is 0 Å². The van der Waals surface area contributed by atoms with Gasteiger partial charge in [-0.2, -0.15) is 0 Å². The van der Waals surface area contributed by atoms with Gasteiger partial charge in [-0.3, -0.25) is 9.59 Å². The molecule has 190 valence electrons. The molecule has 0 fully saturated rings. The Kier molecular flexibility index (Phi) is 9.46. The summed E-state index contributed by atoms with van der Waals surface area (Å²) in [5, 5.41) is 3.13. The van der Waals surface area contributed by atoms with Crippen molar-refractivity contribution in [1.29, 1.82) is 0 Å². The monoisotopic (exact) mass is 484 g/mol. The number of benzene rings is 3. The minimum atomic E-state index is -0.610. The van der Waals surface area contributed by atoms with Crippen LogP contribution < -0.4 is 5.32 Å². The molecule has 1 atom stereocenters. The highest BCUT2D eigenvalue weighted by atomic mass is 16.2. The average molecular weight is 485 g/mol. The molecule has 2 amide bonds. The van der Waals surface area contributed by atoms with E-state index >= 15 is 0 Å². The van der Waals surface area contributed by atoms with Gasteiger partial charge < -0.3 is 10.2 Å². The number of amides is 2. The molecule has 0 unspecified atom stereocenters. The van der Waals surface area contributed by atoms with Crippen LogP contribution in [-0.2, 0) is 35.4 Å². The van der Waals surface area contributed by atoms with Crippen molar-refractivity contribution in [2.24, 2.45) is 0 Å². The Morgan fingerprint density at radius 2 is 1.44 bits per heavy atom. The molecule has 36 heavy (non-hydrogen) atoms. The molecule has 0 aliphatic rings. The lowest BCUT2D eigenvalue weighted by Gasteiger charge is -2.34. The summed E-state index contributed by atoms with van der Waals surface area (Å²) in [6, 6.07) is 25.9. The SMILES string of the molecule is CCc1ccc(CCC(=O)N(Cc2ccccc2C)[C@@H](Cc2ccccc2)C(=O)NC(C)(C)C)cc1. The standard InChI is InChI=1S/C32H40N2O2/c1-6-25-16-18-26(19-17-25)20-21-30(35)34(23-28-15-11-10-12-24(28)2)29(31(36)33-32(3,4)5)22-27-13-8-7-9-14-27/h7-19,29H,6,20-23H2,1-5H3,(H,33,36)/t29-/m0/s1. The van der Waals surface area contributed by atoms with Gasteiger partial charge in [0.25, 0.3) is 0 Å². The summed E-state index contributed by atoms with van der Waals surface area (Å²) in [6.07, 6.45) is 2.45. The zero-order chi connectivity index (χ0) is 26.1. The van der Waals surface area contributed by atoms with Crippen LogP contribution in [0.3, 0.4) is 0 Å². The Labute approximate surface area is 216 Å². The average Bonchev–Trinajstić information content (AvgIpc) is 2.85. The molecule has 0 aliphatic heterocycles. The predicted molar refractivity (Wildman–Crippen MR) is 148 cm³/mol. The van der Waals surface area contributed by atoms with Crippen molar-refractivity contribution in [2.45, 2.75) is 78.4 Å². The summed E-state index contributed by atoms with van der Waals surface area (Å²) in [5.74, 6) is -0.136. The van der Waals surface area contributed by atoms with Gasteiger partial charge in [0, 0.05) is 24.9 Å². The molecule has 4 nitrogen and oxygen atoms in total. The fraction of sp³-hybridized carbons (Fsp3) is 0.375. The fourth-order valence-corrected chi connectivity index (χ4v) is 4.31. The third-order valence-corrected chi connectivity index (χ3v) is 6.43. The maximum Gasteiger partial charge on any atom is 0.243 e. The minimum Gasteiger partial charge on any atom is -0.350 e. The highest BCUT2D eigenvalue weighted by molar-refractivity contribution is 5.88. The number of nitrogens with zero attached hydrogens (tertiary/aromatic N) is 1. The van der Waals surface area contributed by atoms with Gasteiger partial charge in [-0.25, -0.2) is 0 Å². The van der Waals surface area contributed by atoms with Gasteiger partial charge in [-0.15, -0.1) is 0 Å². The maximum absolute atomic E-state index is 13.8. The van der Waals surface area contributed by atoms with Gasteiger partial charge in [0.15, 0.2) is 0 Å². The first-order valence-electron chi connectivity index (χ1n) is 12.9. The Hall–Kier alpha value is -3.40. The maximum atomic E-state index is 13.8. The van der Waals surface area contributed by atoms with E-state index in [-0.39, 0.29) is 11.8 Å². The summed E-state index contributed by atoms with van der Waals surface area (Å²) in [4.78, 5) is 29.2. The second-order valence-corrected chi connectivity index (χ2v) is 10.6.